The first kappa shape index (κ1) is 22.6. The molecule has 1 aliphatic heterocycles. The van der Waals surface area contributed by atoms with E-state index >= 15 is 0 Å². The largest absolute Gasteiger partial charge is 0.493 e. The second-order valence-electron chi connectivity index (χ2n) is 7.57. The zero-order valence-electron chi connectivity index (χ0n) is 19.2. The van der Waals surface area contributed by atoms with Crippen LogP contribution in [0.1, 0.15) is 36.9 Å². The molecule has 0 spiro atoms. The number of methoxy groups -OCH3 is 3. The summed E-state index contributed by atoms with van der Waals surface area (Å²) in [7, 11) is 6.62. The molecular formula is C24H34N4O3. The van der Waals surface area contributed by atoms with Gasteiger partial charge >= 0.3 is 0 Å². The van der Waals surface area contributed by atoms with Crippen LogP contribution in [0.25, 0.3) is 0 Å². The van der Waals surface area contributed by atoms with Gasteiger partial charge in [0.05, 0.1) is 27.4 Å². The second-order valence-corrected chi connectivity index (χ2v) is 7.57. The Morgan fingerprint density at radius 2 is 1.77 bits per heavy atom. The maximum Gasteiger partial charge on any atom is 0.203 e. The van der Waals surface area contributed by atoms with Crippen molar-refractivity contribution in [2.75, 3.05) is 46.4 Å². The van der Waals surface area contributed by atoms with Crippen LogP contribution in [0.2, 0.25) is 0 Å². The molecule has 1 atom stereocenters. The number of nitrogens with one attached hydrogen (secondary N) is 2. The number of nitrogens with zero attached hydrogens (tertiary/aromatic N) is 2. The maximum absolute atomic E-state index is 5.58. The van der Waals surface area contributed by atoms with Crippen LogP contribution in [0.3, 0.4) is 0 Å². The van der Waals surface area contributed by atoms with Crippen molar-refractivity contribution in [1.82, 2.24) is 10.6 Å². The number of benzene rings is 2. The molecule has 3 rings (SSSR count). The number of hydrogen-bond donors (Lipinski definition) is 2. The number of ether oxygens (including phenoxy) is 3. The van der Waals surface area contributed by atoms with Gasteiger partial charge in [0, 0.05) is 37.9 Å². The molecule has 1 saturated heterocycles. The van der Waals surface area contributed by atoms with Gasteiger partial charge in [-0.1, -0.05) is 12.1 Å². The molecule has 0 amide bonds. The van der Waals surface area contributed by atoms with Crippen LogP contribution in [-0.2, 0) is 6.54 Å². The van der Waals surface area contributed by atoms with Crippen LogP contribution >= 0.6 is 0 Å². The second kappa shape index (κ2) is 10.8. The highest BCUT2D eigenvalue weighted by atomic mass is 16.5. The van der Waals surface area contributed by atoms with E-state index in [0.29, 0.717) is 23.8 Å². The fourth-order valence-electron chi connectivity index (χ4n) is 3.93. The van der Waals surface area contributed by atoms with E-state index in [-0.39, 0.29) is 6.04 Å². The normalized spacial score (nSPS) is 14.9. The minimum Gasteiger partial charge on any atom is -0.493 e. The lowest BCUT2D eigenvalue weighted by Gasteiger charge is -2.22. The Kier molecular flexibility index (Phi) is 7.87. The van der Waals surface area contributed by atoms with Crippen molar-refractivity contribution in [3.05, 3.63) is 47.5 Å². The van der Waals surface area contributed by atoms with E-state index in [2.05, 4.69) is 51.7 Å². The Morgan fingerprint density at radius 1 is 1.03 bits per heavy atom. The molecule has 1 fully saturated rings. The van der Waals surface area contributed by atoms with Gasteiger partial charge in [0.25, 0.3) is 0 Å². The smallest absolute Gasteiger partial charge is 0.203 e. The van der Waals surface area contributed by atoms with Gasteiger partial charge in [-0.25, -0.2) is 0 Å². The summed E-state index contributed by atoms with van der Waals surface area (Å²) in [4.78, 5) is 6.84. The van der Waals surface area contributed by atoms with Gasteiger partial charge in [-0.3, -0.25) is 4.99 Å². The van der Waals surface area contributed by atoms with Gasteiger partial charge in [-0.15, -0.1) is 0 Å². The standard InChI is InChI=1S/C24H34N4O3/c1-17(18-9-8-10-20(15-18)28-13-6-7-14-28)27-24(25-2)26-16-19-11-12-21(29-3)23(31-5)22(19)30-4/h8-12,15,17H,6-7,13-14,16H2,1-5H3,(H2,25,26,27). The molecule has 1 unspecified atom stereocenters. The molecule has 2 aromatic carbocycles. The number of aliphatic imine (C=N–C) groups is 1. The van der Waals surface area contributed by atoms with Crippen molar-refractivity contribution in [2.24, 2.45) is 4.99 Å². The Bertz CT molecular complexity index is 894. The molecule has 0 radical (unpaired) electrons. The molecule has 2 N–H and O–H groups in total. The summed E-state index contributed by atoms with van der Waals surface area (Å²) in [6, 6.07) is 12.7. The van der Waals surface area contributed by atoms with Gasteiger partial charge in [0.15, 0.2) is 17.5 Å². The van der Waals surface area contributed by atoms with E-state index in [0.717, 1.165) is 24.6 Å². The topological polar surface area (TPSA) is 67.4 Å². The number of hydrogen-bond acceptors (Lipinski definition) is 5. The van der Waals surface area contributed by atoms with Gasteiger partial charge in [-0.2, -0.15) is 0 Å². The Hall–Kier alpha value is -3.09. The SMILES string of the molecule is CN=C(NCc1ccc(OC)c(OC)c1OC)NC(C)c1cccc(N2CCCC2)c1. The summed E-state index contributed by atoms with van der Waals surface area (Å²) in [5.41, 5.74) is 3.48. The van der Waals surface area contributed by atoms with E-state index < -0.39 is 0 Å². The quantitative estimate of drug-likeness (QED) is 0.495. The Morgan fingerprint density at radius 3 is 2.42 bits per heavy atom. The summed E-state index contributed by atoms with van der Waals surface area (Å²) >= 11 is 0. The van der Waals surface area contributed by atoms with Gasteiger partial charge < -0.3 is 29.7 Å². The predicted molar refractivity (Wildman–Crippen MR) is 126 cm³/mol. The molecule has 1 aliphatic rings. The first-order valence-electron chi connectivity index (χ1n) is 10.7. The highest BCUT2D eigenvalue weighted by Gasteiger charge is 2.17. The molecule has 7 heteroatoms. The fraction of sp³-hybridized carbons (Fsp3) is 0.458. The summed E-state index contributed by atoms with van der Waals surface area (Å²) in [5.74, 6) is 2.59. The van der Waals surface area contributed by atoms with Crippen LogP contribution in [0.15, 0.2) is 41.4 Å². The van der Waals surface area contributed by atoms with Crippen LogP contribution in [0.5, 0.6) is 17.2 Å². The number of rotatable bonds is 8. The van der Waals surface area contributed by atoms with E-state index in [1.807, 2.05) is 12.1 Å². The van der Waals surface area contributed by atoms with Crippen molar-refractivity contribution < 1.29 is 14.2 Å². The third-order valence-electron chi connectivity index (χ3n) is 5.65. The lowest BCUT2D eigenvalue weighted by molar-refractivity contribution is 0.322. The first-order chi connectivity index (χ1) is 15.1. The molecule has 2 aromatic rings. The molecule has 0 saturated carbocycles. The molecule has 1 heterocycles. The van der Waals surface area contributed by atoms with E-state index in [9.17, 15) is 0 Å². The molecular weight excluding hydrogens is 392 g/mol. The van der Waals surface area contributed by atoms with Crippen molar-refractivity contribution >= 4 is 11.6 Å². The highest BCUT2D eigenvalue weighted by molar-refractivity contribution is 5.80. The van der Waals surface area contributed by atoms with Crippen molar-refractivity contribution in [3.63, 3.8) is 0 Å². The summed E-state index contributed by atoms with van der Waals surface area (Å²) in [5, 5.41) is 6.85. The summed E-state index contributed by atoms with van der Waals surface area (Å²) in [6.45, 7) is 4.96. The summed E-state index contributed by atoms with van der Waals surface area (Å²) < 4.78 is 16.4. The number of guanidine groups is 1. The van der Waals surface area contributed by atoms with E-state index in [1.54, 1.807) is 28.4 Å². The molecule has 0 aromatic heterocycles. The summed E-state index contributed by atoms with van der Waals surface area (Å²) in [6.07, 6.45) is 2.54. The molecule has 0 aliphatic carbocycles. The van der Waals surface area contributed by atoms with Crippen molar-refractivity contribution in [1.29, 1.82) is 0 Å². The van der Waals surface area contributed by atoms with Crippen LogP contribution in [-0.4, -0.2) is 47.4 Å². The fourth-order valence-corrected chi connectivity index (χ4v) is 3.93. The Balaban J connectivity index is 1.67. The third-order valence-corrected chi connectivity index (χ3v) is 5.65. The maximum atomic E-state index is 5.58. The molecule has 0 bridgehead atoms. The first-order valence-corrected chi connectivity index (χ1v) is 10.7. The van der Waals surface area contributed by atoms with Crippen LogP contribution in [0, 0.1) is 0 Å². The number of anilines is 1. The molecule has 7 nitrogen and oxygen atoms in total. The van der Waals surface area contributed by atoms with Crippen molar-refractivity contribution in [3.8, 4) is 17.2 Å². The predicted octanol–water partition coefficient (Wildman–Crippen LogP) is 3.74. The van der Waals surface area contributed by atoms with Gasteiger partial charge in [0.1, 0.15) is 0 Å². The minimum atomic E-state index is 0.112. The minimum absolute atomic E-state index is 0.112. The zero-order chi connectivity index (χ0) is 22.2. The monoisotopic (exact) mass is 426 g/mol. The average molecular weight is 427 g/mol. The third kappa shape index (κ3) is 5.34. The van der Waals surface area contributed by atoms with Crippen LogP contribution < -0.4 is 29.7 Å². The Labute approximate surface area is 185 Å². The lowest BCUT2D eigenvalue weighted by atomic mass is 10.1. The van der Waals surface area contributed by atoms with Gasteiger partial charge in [-0.05, 0) is 49.6 Å². The van der Waals surface area contributed by atoms with Gasteiger partial charge in [0.2, 0.25) is 5.75 Å². The highest BCUT2D eigenvalue weighted by Crippen LogP contribution is 2.39. The van der Waals surface area contributed by atoms with Crippen molar-refractivity contribution in [2.45, 2.75) is 32.4 Å². The van der Waals surface area contributed by atoms with E-state index in [4.69, 9.17) is 14.2 Å². The molecule has 31 heavy (non-hydrogen) atoms. The zero-order valence-corrected chi connectivity index (χ0v) is 19.2. The molecule has 168 valence electrons. The van der Waals surface area contributed by atoms with E-state index in [1.165, 1.54) is 24.1 Å². The lowest BCUT2D eigenvalue weighted by Crippen LogP contribution is -2.38. The average Bonchev–Trinajstić information content (AvgIpc) is 3.36. The van der Waals surface area contributed by atoms with Crippen LogP contribution in [0.4, 0.5) is 5.69 Å².